The van der Waals surface area contributed by atoms with E-state index in [9.17, 15) is 0 Å². The Morgan fingerprint density at radius 1 is 1.35 bits per heavy atom. The van der Waals surface area contributed by atoms with Crippen LogP contribution in [0.5, 0.6) is 0 Å². The van der Waals surface area contributed by atoms with Gasteiger partial charge in [-0.3, -0.25) is 0 Å². The molecular formula is C12H23N3O2. The molecule has 1 atom stereocenters. The molecule has 0 saturated carbocycles. The van der Waals surface area contributed by atoms with Crippen molar-refractivity contribution < 1.29 is 9.26 Å². The zero-order valence-corrected chi connectivity index (χ0v) is 11.2. The number of aromatic nitrogens is 2. The second-order valence-corrected chi connectivity index (χ2v) is 4.31. The van der Waals surface area contributed by atoms with Gasteiger partial charge in [0.05, 0.1) is 6.54 Å². The second-order valence-electron chi connectivity index (χ2n) is 4.31. The average Bonchev–Trinajstić information content (AvgIpc) is 2.74. The first-order chi connectivity index (χ1) is 8.17. The van der Waals surface area contributed by atoms with Crippen molar-refractivity contribution in [2.45, 2.75) is 59.2 Å². The van der Waals surface area contributed by atoms with Gasteiger partial charge >= 0.3 is 0 Å². The van der Waals surface area contributed by atoms with E-state index in [-0.39, 0.29) is 6.10 Å². The Bertz CT molecular complexity index is 306. The number of hydrogen-bond acceptors (Lipinski definition) is 5. The quantitative estimate of drug-likeness (QED) is 0.757. The molecular weight excluding hydrogens is 218 g/mol. The van der Waals surface area contributed by atoms with E-state index in [0.717, 1.165) is 12.8 Å². The van der Waals surface area contributed by atoms with Crippen LogP contribution >= 0.6 is 0 Å². The minimum absolute atomic E-state index is 0.0402. The third-order valence-electron chi connectivity index (χ3n) is 2.35. The minimum atomic E-state index is -0.0402. The van der Waals surface area contributed by atoms with Crippen LogP contribution in [-0.2, 0) is 11.3 Å². The highest BCUT2D eigenvalue weighted by Gasteiger charge is 2.17. The summed E-state index contributed by atoms with van der Waals surface area (Å²) >= 11 is 0. The Morgan fingerprint density at radius 3 is 2.71 bits per heavy atom. The molecule has 0 aliphatic carbocycles. The van der Waals surface area contributed by atoms with Crippen LogP contribution in [0.3, 0.4) is 0 Å². The molecule has 1 rings (SSSR count). The van der Waals surface area contributed by atoms with E-state index < -0.39 is 0 Å². The van der Waals surface area contributed by atoms with Gasteiger partial charge in [0.2, 0.25) is 11.7 Å². The number of ether oxygens (including phenoxy) is 1. The van der Waals surface area contributed by atoms with E-state index in [1.165, 1.54) is 0 Å². The van der Waals surface area contributed by atoms with Crippen LogP contribution < -0.4 is 5.32 Å². The van der Waals surface area contributed by atoms with E-state index in [1.807, 2.05) is 6.92 Å². The van der Waals surface area contributed by atoms with Gasteiger partial charge in [0.1, 0.15) is 6.10 Å². The lowest BCUT2D eigenvalue weighted by Gasteiger charge is -2.11. The van der Waals surface area contributed by atoms with Crippen LogP contribution in [0, 0.1) is 0 Å². The van der Waals surface area contributed by atoms with Gasteiger partial charge in [-0.15, -0.1) is 0 Å². The summed E-state index contributed by atoms with van der Waals surface area (Å²) in [6.45, 7) is 9.53. The molecule has 1 aromatic heterocycles. The van der Waals surface area contributed by atoms with Gasteiger partial charge in [-0.25, -0.2) is 0 Å². The largest absolute Gasteiger partial charge is 0.370 e. The number of hydrogen-bond donors (Lipinski definition) is 1. The highest BCUT2D eigenvalue weighted by atomic mass is 16.5. The molecule has 98 valence electrons. The van der Waals surface area contributed by atoms with Crippen LogP contribution in [0.4, 0.5) is 0 Å². The van der Waals surface area contributed by atoms with Crippen LogP contribution in [0.1, 0.15) is 58.4 Å². The van der Waals surface area contributed by atoms with Crippen molar-refractivity contribution in [3.8, 4) is 0 Å². The molecule has 0 aliphatic heterocycles. The van der Waals surface area contributed by atoms with Crippen molar-refractivity contribution in [2.24, 2.45) is 0 Å². The normalized spacial score (nSPS) is 13.2. The fourth-order valence-electron chi connectivity index (χ4n) is 1.51. The first-order valence-electron chi connectivity index (χ1n) is 6.34. The van der Waals surface area contributed by atoms with Crippen molar-refractivity contribution in [2.75, 3.05) is 6.61 Å². The van der Waals surface area contributed by atoms with E-state index in [1.54, 1.807) is 0 Å². The topological polar surface area (TPSA) is 60.2 Å². The van der Waals surface area contributed by atoms with Gasteiger partial charge in [-0.2, -0.15) is 4.98 Å². The maximum Gasteiger partial charge on any atom is 0.240 e. The van der Waals surface area contributed by atoms with Crippen LogP contribution in [0.2, 0.25) is 0 Å². The van der Waals surface area contributed by atoms with Gasteiger partial charge in [-0.1, -0.05) is 32.3 Å². The minimum Gasteiger partial charge on any atom is -0.370 e. The Morgan fingerprint density at radius 2 is 2.12 bits per heavy atom. The summed E-state index contributed by atoms with van der Waals surface area (Å²) in [7, 11) is 0. The Hall–Kier alpha value is -0.940. The van der Waals surface area contributed by atoms with E-state index in [0.29, 0.717) is 30.9 Å². The van der Waals surface area contributed by atoms with Crippen LogP contribution in [-0.4, -0.2) is 22.8 Å². The Balaban J connectivity index is 2.57. The number of nitrogens with zero attached hydrogens (tertiary/aromatic N) is 2. The summed E-state index contributed by atoms with van der Waals surface area (Å²) in [6.07, 6.45) is 1.92. The summed E-state index contributed by atoms with van der Waals surface area (Å²) in [5.74, 6) is 1.28. The zero-order valence-electron chi connectivity index (χ0n) is 11.2. The van der Waals surface area contributed by atoms with E-state index >= 15 is 0 Å². The average molecular weight is 241 g/mol. The summed E-state index contributed by atoms with van der Waals surface area (Å²) < 4.78 is 10.8. The predicted molar refractivity (Wildman–Crippen MR) is 65.5 cm³/mol. The maximum atomic E-state index is 5.60. The van der Waals surface area contributed by atoms with E-state index in [2.05, 4.69) is 36.2 Å². The van der Waals surface area contributed by atoms with Crippen LogP contribution in [0.25, 0.3) is 0 Å². The van der Waals surface area contributed by atoms with Crippen molar-refractivity contribution >= 4 is 0 Å². The SMILES string of the molecule is CCCC(OCC)c1noc(CNC(C)C)n1. The third-order valence-corrected chi connectivity index (χ3v) is 2.35. The highest BCUT2D eigenvalue weighted by Crippen LogP contribution is 2.19. The summed E-state index contributed by atoms with van der Waals surface area (Å²) in [5, 5.41) is 7.22. The van der Waals surface area contributed by atoms with Crippen molar-refractivity contribution in [3.05, 3.63) is 11.7 Å². The molecule has 5 nitrogen and oxygen atoms in total. The lowest BCUT2D eigenvalue weighted by Crippen LogP contribution is -2.22. The summed E-state index contributed by atoms with van der Waals surface area (Å²) in [4.78, 5) is 4.35. The maximum absolute atomic E-state index is 5.60. The summed E-state index contributed by atoms with van der Waals surface area (Å²) in [5.41, 5.74) is 0. The first-order valence-corrected chi connectivity index (χ1v) is 6.34. The molecule has 5 heteroatoms. The molecule has 1 N–H and O–H groups in total. The molecule has 0 aromatic carbocycles. The smallest absolute Gasteiger partial charge is 0.240 e. The van der Waals surface area contributed by atoms with Crippen molar-refractivity contribution in [1.82, 2.24) is 15.5 Å². The molecule has 0 amide bonds. The predicted octanol–water partition coefficient (Wildman–Crippen LogP) is 2.45. The van der Waals surface area contributed by atoms with Crippen molar-refractivity contribution in [1.29, 1.82) is 0 Å². The lowest BCUT2D eigenvalue weighted by atomic mass is 10.2. The van der Waals surface area contributed by atoms with Crippen molar-refractivity contribution in [3.63, 3.8) is 0 Å². The van der Waals surface area contributed by atoms with Gasteiger partial charge in [0.15, 0.2) is 0 Å². The van der Waals surface area contributed by atoms with Gasteiger partial charge < -0.3 is 14.6 Å². The molecule has 1 heterocycles. The fourth-order valence-corrected chi connectivity index (χ4v) is 1.51. The first kappa shape index (κ1) is 14.1. The molecule has 0 spiro atoms. The molecule has 1 unspecified atom stereocenters. The molecule has 1 aromatic rings. The molecule has 17 heavy (non-hydrogen) atoms. The lowest BCUT2D eigenvalue weighted by molar-refractivity contribution is 0.0477. The molecule has 0 aliphatic rings. The molecule has 0 bridgehead atoms. The second kappa shape index (κ2) is 7.40. The van der Waals surface area contributed by atoms with Crippen LogP contribution in [0.15, 0.2) is 4.52 Å². The standard InChI is InChI=1S/C12H23N3O2/c1-5-7-10(16-6-2)12-14-11(17-15-12)8-13-9(3)4/h9-10,13H,5-8H2,1-4H3. The molecule has 0 fully saturated rings. The Labute approximate surface area is 103 Å². The zero-order chi connectivity index (χ0) is 12.7. The van der Waals surface area contributed by atoms with Gasteiger partial charge in [-0.05, 0) is 13.3 Å². The Kier molecular flexibility index (Phi) is 6.15. The van der Waals surface area contributed by atoms with Gasteiger partial charge in [0, 0.05) is 12.6 Å². The molecule has 0 radical (unpaired) electrons. The fraction of sp³-hybridized carbons (Fsp3) is 0.833. The summed E-state index contributed by atoms with van der Waals surface area (Å²) in [6, 6.07) is 0.406. The highest BCUT2D eigenvalue weighted by molar-refractivity contribution is 4.91. The number of rotatable bonds is 8. The monoisotopic (exact) mass is 241 g/mol. The third kappa shape index (κ3) is 4.83. The number of nitrogens with one attached hydrogen (secondary N) is 1. The van der Waals surface area contributed by atoms with Gasteiger partial charge in [0.25, 0.3) is 0 Å². The van der Waals surface area contributed by atoms with E-state index in [4.69, 9.17) is 9.26 Å². The molecule has 0 saturated heterocycles.